The van der Waals surface area contributed by atoms with Crippen LogP contribution >= 0.6 is 43.6 Å². The van der Waals surface area contributed by atoms with Crippen molar-refractivity contribution in [1.29, 1.82) is 0 Å². The van der Waals surface area contributed by atoms with Crippen LogP contribution in [0.4, 0.5) is 0 Å². The molecule has 0 aliphatic carbocycles. The number of nitrogens with zero attached hydrogens (tertiary/aromatic N) is 2. The molecule has 0 radical (unpaired) electrons. The van der Waals surface area contributed by atoms with Crippen molar-refractivity contribution in [1.82, 2.24) is 8.75 Å². The second kappa shape index (κ2) is 5.42. The predicted molar refractivity (Wildman–Crippen MR) is 81.7 cm³/mol. The molecule has 17 heavy (non-hydrogen) atoms. The fraction of sp³-hybridized carbons (Fsp3) is 0.167. The second-order valence-electron chi connectivity index (χ2n) is 3.13. The molecule has 0 unspecified atom stereocenters. The Balaban J connectivity index is 0.000000514. The maximum absolute atomic E-state index is 4.28. The molecule has 3 aromatic rings. The van der Waals surface area contributed by atoms with E-state index in [1.807, 2.05) is 26.0 Å². The van der Waals surface area contributed by atoms with Gasteiger partial charge in [-0.3, -0.25) is 0 Å². The van der Waals surface area contributed by atoms with E-state index in [-0.39, 0.29) is 0 Å². The Labute approximate surface area is 121 Å². The van der Waals surface area contributed by atoms with Gasteiger partial charge in [-0.15, -0.1) is 0 Å². The number of benzene rings is 2. The van der Waals surface area contributed by atoms with E-state index in [0.29, 0.717) is 0 Å². The number of aromatic nitrogens is 2. The third kappa shape index (κ3) is 2.11. The van der Waals surface area contributed by atoms with E-state index in [0.717, 1.165) is 30.8 Å². The summed E-state index contributed by atoms with van der Waals surface area (Å²) in [5.74, 6) is 0. The zero-order valence-electron chi connectivity index (χ0n) is 9.37. The molecule has 0 aliphatic heterocycles. The van der Waals surface area contributed by atoms with Crippen molar-refractivity contribution in [2.75, 3.05) is 0 Å². The summed E-state index contributed by atoms with van der Waals surface area (Å²) in [5.41, 5.74) is 1.84. The largest absolute Gasteiger partial charge is 0.172 e. The first-order chi connectivity index (χ1) is 8.29. The number of hydrogen-bond donors (Lipinski definition) is 0. The topological polar surface area (TPSA) is 25.8 Å². The van der Waals surface area contributed by atoms with Crippen LogP contribution in [0.3, 0.4) is 0 Å². The fourth-order valence-corrected chi connectivity index (χ4v) is 3.64. The SMILES string of the molecule is Brc1c2ccccc2c(Br)c2nsnc12.CC. The summed E-state index contributed by atoms with van der Waals surface area (Å²) in [6.45, 7) is 4.00. The average molecular weight is 374 g/mol. The van der Waals surface area contributed by atoms with Gasteiger partial charge in [0.1, 0.15) is 11.0 Å². The van der Waals surface area contributed by atoms with Crippen molar-refractivity contribution >= 4 is 65.4 Å². The fourth-order valence-electron chi connectivity index (χ4n) is 1.60. The lowest BCUT2D eigenvalue weighted by Gasteiger charge is -2.03. The van der Waals surface area contributed by atoms with Crippen molar-refractivity contribution in [3.63, 3.8) is 0 Å². The summed E-state index contributed by atoms with van der Waals surface area (Å²) in [5, 5.41) is 2.31. The Kier molecular flexibility index (Phi) is 4.12. The van der Waals surface area contributed by atoms with E-state index < -0.39 is 0 Å². The van der Waals surface area contributed by atoms with Gasteiger partial charge in [0.2, 0.25) is 0 Å². The summed E-state index contributed by atoms with van der Waals surface area (Å²) < 4.78 is 10.6. The van der Waals surface area contributed by atoms with Gasteiger partial charge in [0.05, 0.1) is 20.7 Å². The molecule has 0 atom stereocenters. The molecule has 1 aromatic heterocycles. The van der Waals surface area contributed by atoms with Gasteiger partial charge in [-0.1, -0.05) is 38.1 Å². The minimum Gasteiger partial charge on any atom is -0.172 e. The monoisotopic (exact) mass is 372 g/mol. The third-order valence-corrected chi connectivity index (χ3v) is 4.44. The lowest BCUT2D eigenvalue weighted by Crippen LogP contribution is -1.80. The Morgan fingerprint density at radius 2 is 1.29 bits per heavy atom. The summed E-state index contributed by atoms with van der Waals surface area (Å²) in [7, 11) is 0. The van der Waals surface area contributed by atoms with Crippen molar-refractivity contribution in [2.45, 2.75) is 13.8 Å². The predicted octanol–water partition coefficient (Wildman–Crippen LogP) is 5.40. The van der Waals surface area contributed by atoms with Crippen molar-refractivity contribution in [2.24, 2.45) is 0 Å². The van der Waals surface area contributed by atoms with E-state index in [2.05, 4.69) is 52.7 Å². The number of fused-ring (bicyclic) bond motifs is 2. The first-order valence-electron chi connectivity index (χ1n) is 5.27. The zero-order chi connectivity index (χ0) is 12.4. The lowest BCUT2D eigenvalue weighted by molar-refractivity contribution is 1.50. The highest BCUT2D eigenvalue weighted by Crippen LogP contribution is 2.37. The Morgan fingerprint density at radius 1 is 0.882 bits per heavy atom. The molecule has 0 saturated carbocycles. The van der Waals surface area contributed by atoms with Crippen LogP contribution < -0.4 is 0 Å². The molecule has 3 rings (SSSR count). The van der Waals surface area contributed by atoms with Crippen LogP contribution in [0.2, 0.25) is 0 Å². The molecule has 1 heterocycles. The summed E-state index contributed by atoms with van der Waals surface area (Å²) in [6, 6.07) is 8.18. The van der Waals surface area contributed by atoms with Crippen molar-refractivity contribution in [3.8, 4) is 0 Å². The highest BCUT2D eigenvalue weighted by molar-refractivity contribution is 9.11. The Hall–Kier alpha value is -0.520. The zero-order valence-corrected chi connectivity index (χ0v) is 13.4. The molecule has 5 heteroatoms. The molecule has 0 spiro atoms. The summed E-state index contributed by atoms with van der Waals surface area (Å²) in [6.07, 6.45) is 0. The Morgan fingerprint density at radius 3 is 1.71 bits per heavy atom. The van der Waals surface area contributed by atoms with Crippen LogP contribution in [0, 0.1) is 0 Å². The maximum Gasteiger partial charge on any atom is 0.120 e. The van der Waals surface area contributed by atoms with E-state index in [9.17, 15) is 0 Å². The molecule has 0 aliphatic rings. The second-order valence-corrected chi connectivity index (χ2v) is 5.25. The van der Waals surface area contributed by atoms with Gasteiger partial charge in [-0.2, -0.15) is 8.75 Å². The van der Waals surface area contributed by atoms with Gasteiger partial charge >= 0.3 is 0 Å². The minimum atomic E-state index is 0.922. The smallest absolute Gasteiger partial charge is 0.120 e. The van der Waals surface area contributed by atoms with Crippen LogP contribution in [0.5, 0.6) is 0 Å². The van der Waals surface area contributed by atoms with Gasteiger partial charge in [-0.05, 0) is 42.6 Å². The van der Waals surface area contributed by atoms with Crippen LogP contribution in [-0.2, 0) is 0 Å². The molecule has 0 amide bonds. The molecule has 0 fully saturated rings. The van der Waals surface area contributed by atoms with Gasteiger partial charge in [0, 0.05) is 0 Å². The number of halogens is 2. The third-order valence-electron chi connectivity index (χ3n) is 2.30. The highest BCUT2D eigenvalue weighted by atomic mass is 79.9. The van der Waals surface area contributed by atoms with Gasteiger partial charge in [0.15, 0.2) is 0 Å². The molecule has 2 nitrogen and oxygen atoms in total. The molecule has 0 N–H and O–H groups in total. The molecule has 88 valence electrons. The van der Waals surface area contributed by atoms with E-state index in [1.165, 1.54) is 11.7 Å². The van der Waals surface area contributed by atoms with Crippen LogP contribution in [0.25, 0.3) is 21.8 Å². The van der Waals surface area contributed by atoms with Crippen LogP contribution in [0.1, 0.15) is 13.8 Å². The normalized spacial score (nSPS) is 10.4. The highest BCUT2D eigenvalue weighted by Gasteiger charge is 2.13. The maximum atomic E-state index is 4.28. The number of hydrogen-bond acceptors (Lipinski definition) is 3. The number of rotatable bonds is 0. The van der Waals surface area contributed by atoms with E-state index in [1.54, 1.807) is 0 Å². The van der Waals surface area contributed by atoms with E-state index in [4.69, 9.17) is 0 Å². The molecule has 0 saturated heterocycles. The molecular formula is C12H10Br2N2S. The van der Waals surface area contributed by atoms with Crippen LogP contribution in [-0.4, -0.2) is 8.75 Å². The average Bonchev–Trinajstić information content (AvgIpc) is 2.88. The van der Waals surface area contributed by atoms with Gasteiger partial charge in [0.25, 0.3) is 0 Å². The van der Waals surface area contributed by atoms with Gasteiger partial charge < -0.3 is 0 Å². The standard InChI is InChI=1S/C10H4Br2N2S.C2H6/c11-7-5-3-1-2-4-6(5)8(12)10-9(7)13-15-14-10;1-2/h1-4H;1-2H3. The molecule has 2 aromatic carbocycles. The summed E-state index contributed by atoms with van der Waals surface area (Å²) >= 11 is 8.39. The van der Waals surface area contributed by atoms with Crippen LogP contribution in [0.15, 0.2) is 33.2 Å². The molecule has 0 bridgehead atoms. The lowest BCUT2D eigenvalue weighted by atomic mass is 10.1. The first-order valence-corrected chi connectivity index (χ1v) is 7.58. The molecular weight excluding hydrogens is 364 g/mol. The minimum absolute atomic E-state index is 0.922. The quantitative estimate of drug-likeness (QED) is 0.527. The van der Waals surface area contributed by atoms with Crippen molar-refractivity contribution < 1.29 is 0 Å². The van der Waals surface area contributed by atoms with Gasteiger partial charge in [-0.25, -0.2) is 0 Å². The van der Waals surface area contributed by atoms with Crippen molar-refractivity contribution in [3.05, 3.63) is 33.2 Å². The first kappa shape index (κ1) is 12.9. The summed E-state index contributed by atoms with van der Waals surface area (Å²) in [4.78, 5) is 0. The Bertz CT molecular complexity index is 608. The van der Waals surface area contributed by atoms with E-state index >= 15 is 0 Å².